The molecule has 0 aliphatic rings. The fourth-order valence-corrected chi connectivity index (χ4v) is 8.78. The van der Waals surface area contributed by atoms with E-state index in [-0.39, 0.29) is 0 Å². The summed E-state index contributed by atoms with van der Waals surface area (Å²) in [6.45, 7) is 0. The molecule has 0 saturated carbocycles. The number of hydrogen-bond acceptors (Lipinski definition) is 2. The van der Waals surface area contributed by atoms with Gasteiger partial charge in [0, 0.05) is 49.3 Å². The molecule has 0 N–H and O–H groups in total. The van der Waals surface area contributed by atoms with Gasteiger partial charge in [-0.2, -0.15) is 10.5 Å². The van der Waals surface area contributed by atoms with Crippen molar-refractivity contribution in [3.05, 3.63) is 187 Å². The predicted molar refractivity (Wildman–Crippen MR) is 224 cm³/mol. The van der Waals surface area contributed by atoms with E-state index in [4.69, 9.17) is 0 Å². The van der Waals surface area contributed by atoms with Crippen molar-refractivity contribution in [2.75, 3.05) is 0 Å². The number of nitriles is 2. The molecule has 3 heterocycles. The lowest BCUT2D eigenvalue weighted by molar-refractivity contribution is 1.16. The highest BCUT2D eigenvalue weighted by Gasteiger charge is 2.20. The summed E-state index contributed by atoms with van der Waals surface area (Å²) < 4.78 is 6.89. The van der Waals surface area contributed by atoms with Crippen molar-refractivity contribution < 1.29 is 0 Å². The number of rotatable bonds is 4. The van der Waals surface area contributed by atoms with Crippen LogP contribution in [-0.2, 0) is 0 Å². The average Bonchev–Trinajstić information content (AvgIpc) is 3.89. The van der Waals surface area contributed by atoms with Crippen LogP contribution in [0.15, 0.2) is 176 Å². The maximum Gasteiger partial charge on any atom is 0.101 e. The number of nitrogens with zero attached hydrogens (tertiary/aromatic N) is 5. The third kappa shape index (κ3) is 4.45. The molecule has 11 aromatic rings. The van der Waals surface area contributed by atoms with Crippen LogP contribution in [0.4, 0.5) is 0 Å². The van der Waals surface area contributed by atoms with Crippen LogP contribution < -0.4 is 0 Å². The highest BCUT2D eigenvalue weighted by atomic mass is 15.0. The zero-order valence-corrected chi connectivity index (χ0v) is 29.5. The van der Waals surface area contributed by atoms with Gasteiger partial charge in [0.15, 0.2) is 0 Å². The quantitative estimate of drug-likeness (QED) is 0.184. The molecule has 0 saturated heterocycles. The van der Waals surface area contributed by atoms with E-state index in [1.165, 1.54) is 21.8 Å². The molecule has 0 amide bonds. The Hall–Kier alpha value is -7.86. The summed E-state index contributed by atoms with van der Waals surface area (Å²) in [7, 11) is 0. The third-order valence-corrected chi connectivity index (χ3v) is 11.1. The summed E-state index contributed by atoms with van der Waals surface area (Å²) in [6.07, 6.45) is 0. The second-order valence-electron chi connectivity index (χ2n) is 14.0. The number of para-hydroxylation sites is 5. The first kappa shape index (κ1) is 30.7. The van der Waals surface area contributed by atoms with Gasteiger partial charge in [-0.1, -0.05) is 97.1 Å². The van der Waals surface area contributed by atoms with Gasteiger partial charge in [-0.25, -0.2) is 0 Å². The zero-order valence-electron chi connectivity index (χ0n) is 29.5. The predicted octanol–water partition coefficient (Wildman–Crippen LogP) is 12.4. The second kappa shape index (κ2) is 11.8. The van der Waals surface area contributed by atoms with Crippen molar-refractivity contribution >= 4 is 65.4 Å². The molecule has 0 unspecified atom stereocenters. The van der Waals surface area contributed by atoms with Crippen molar-refractivity contribution in [3.63, 3.8) is 0 Å². The van der Waals surface area contributed by atoms with E-state index in [0.717, 1.165) is 71.8 Å². The summed E-state index contributed by atoms with van der Waals surface area (Å²) in [6, 6.07) is 66.0. The molecule has 0 aliphatic heterocycles. The Balaban J connectivity index is 1.15. The average molecular weight is 700 g/mol. The highest BCUT2D eigenvalue weighted by Crippen LogP contribution is 2.40. The van der Waals surface area contributed by atoms with Gasteiger partial charge >= 0.3 is 0 Å². The van der Waals surface area contributed by atoms with E-state index in [1.807, 2.05) is 36.4 Å². The lowest BCUT2D eigenvalue weighted by Gasteiger charge is -2.16. The first-order chi connectivity index (χ1) is 27.2. The highest BCUT2D eigenvalue weighted by molar-refractivity contribution is 6.13. The second-order valence-corrected chi connectivity index (χ2v) is 14.0. The molecule has 55 heavy (non-hydrogen) atoms. The minimum absolute atomic E-state index is 0.585. The van der Waals surface area contributed by atoms with Gasteiger partial charge in [-0.05, 0) is 84.4 Å². The van der Waals surface area contributed by atoms with Crippen LogP contribution in [0, 0.1) is 22.7 Å². The number of aromatic nitrogens is 3. The van der Waals surface area contributed by atoms with Gasteiger partial charge in [0.1, 0.15) is 6.07 Å². The van der Waals surface area contributed by atoms with Crippen LogP contribution in [0.5, 0.6) is 0 Å². The minimum atomic E-state index is 0.585. The molecule has 8 aromatic carbocycles. The Morgan fingerprint density at radius 2 is 0.909 bits per heavy atom. The van der Waals surface area contributed by atoms with Gasteiger partial charge in [-0.15, -0.1) is 0 Å². The molecule has 0 atom stereocenters. The molecule has 0 bridgehead atoms. The van der Waals surface area contributed by atoms with E-state index in [2.05, 4.69) is 165 Å². The van der Waals surface area contributed by atoms with Gasteiger partial charge < -0.3 is 13.7 Å². The van der Waals surface area contributed by atoms with Crippen molar-refractivity contribution in [3.8, 4) is 40.3 Å². The topological polar surface area (TPSA) is 62.4 Å². The standard InChI is InChI=1S/C50H29N5/c51-30-32-23-25-48(42(27-32)33-11-9-13-35(28-33)54-46-21-7-3-16-39(46)41-18-10-12-34(31-52)50(41)54)55-47-22-8-4-17-40(47)43-29-36(24-26-49(43)55)53-44-19-5-1-14-37(44)38-15-2-6-20-45(38)53/h1-29H. The summed E-state index contributed by atoms with van der Waals surface area (Å²) in [5.41, 5.74) is 12.6. The monoisotopic (exact) mass is 699 g/mol. The van der Waals surface area contributed by atoms with Crippen molar-refractivity contribution in [1.82, 2.24) is 13.7 Å². The Bertz CT molecular complexity index is 3420. The first-order valence-corrected chi connectivity index (χ1v) is 18.3. The van der Waals surface area contributed by atoms with E-state index in [9.17, 15) is 10.5 Å². The Kier molecular flexibility index (Phi) is 6.61. The van der Waals surface area contributed by atoms with Crippen LogP contribution in [-0.4, -0.2) is 13.7 Å². The number of hydrogen-bond donors (Lipinski definition) is 0. The van der Waals surface area contributed by atoms with Crippen LogP contribution >= 0.6 is 0 Å². The molecule has 3 aromatic heterocycles. The van der Waals surface area contributed by atoms with Gasteiger partial charge in [0.05, 0.1) is 56.0 Å². The summed E-state index contributed by atoms with van der Waals surface area (Å²) >= 11 is 0. The van der Waals surface area contributed by atoms with Gasteiger partial charge in [-0.3, -0.25) is 0 Å². The molecule has 254 valence electrons. The van der Waals surface area contributed by atoms with Crippen LogP contribution in [0.3, 0.4) is 0 Å². The smallest absolute Gasteiger partial charge is 0.101 e. The van der Waals surface area contributed by atoms with Crippen LogP contribution in [0.25, 0.3) is 93.6 Å². The lowest BCUT2D eigenvalue weighted by atomic mass is 10.00. The van der Waals surface area contributed by atoms with Crippen molar-refractivity contribution in [2.45, 2.75) is 0 Å². The van der Waals surface area contributed by atoms with Crippen molar-refractivity contribution in [2.24, 2.45) is 0 Å². The van der Waals surface area contributed by atoms with E-state index >= 15 is 0 Å². The molecule has 0 spiro atoms. The van der Waals surface area contributed by atoms with Crippen molar-refractivity contribution in [1.29, 1.82) is 10.5 Å². The third-order valence-electron chi connectivity index (χ3n) is 11.1. The summed E-state index contributed by atoms with van der Waals surface area (Å²) in [5, 5.41) is 27.2. The fraction of sp³-hybridized carbons (Fsp3) is 0. The van der Waals surface area contributed by atoms with Gasteiger partial charge in [0.2, 0.25) is 0 Å². The molecular formula is C50H29N5. The van der Waals surface area contributed by atoms with Crippen LogP contribution in [0.1, 0.15) is 11.1 Å². The fourth-order valence-electron chi connectivity index (χ4n) is 8.78. The molecule has 5 nitrogen and oxygen atoms in total. The molecule has 5 heteroatoms. The Morgan fingerprint density at radius 1 is 0.364 bits per heavy atom. The molecule has 11 rings (SSSR count). The molecule has 0 fully saturated rings. The van der Waals surface area contributed by atoms with Crippen LogP contribution in [0.2, 0.25) is 0 Å². The molecule has 0 radical (unpaired) electrons. The minimum Gasteiger partial charge on any atom is -0.309 e. The molecule has 0 aliphatic carbocycles. The maximum absolute atomic E-state index is 10.2. The van der Waals surface area contributed by atoms with Gasteiger partial charge in [0.25, 0.3) is 0 Å². The Morgan fingerprint density at radius 3 is 1.58 bits per heavy atom. The van der Waals surface area contributed by atoms with E-state index in [1.54, 1.807) is 0 Å². The first-order valence-electron chi connectivity index (χ1n) is 18.3. The lowest BCUT2D eigenvalue weighted by Crippen LogP contribution is -2.00. The van der Waals surface area contributed by atoms with E-state index in [0.29, 0.717) is 11.1 Å². The molecular weight excluding hydrogens is 671 g/mol. The normalized spacial score (nSPS) is 11.6. The maximum atomic E-state index is 10.2. The zero-order chi connectivity index (χ0) is 36.6. The SMILES string of the molecule is N#Cc1ccc(-n2c3ccccc3c3cc(-n4c5ccccc5c5ccccc54)ccc32)c(-c2cccc(-n3c4ccccc4c4cccc(C#N)c43)c2)c1. The van der Waals surface area contributed by atoms with E-state index < -0.39 is 0 Å². The number of fused-ring (bicyclic) bond motifs is 9. The summed E-state index contributed by atoms with van der Waals surface area (Å²) in [5.74, 6) is 0. The largest absolute Gasteiger partial charge is 0.309 e. The Labute approximate surface area is 316 Å². The summed E-state index contributed by atoms with van der Waals surface area (Å²) in [4.78, 5) is 0. The number of benzene rings is 8.